The lowest BCUT2D eigenvalue weighted by atomic mass is 9.93. The normalized spacial score (nSPS) is 17.4. The highest BCUT2D eigenvalue weighted by atomic mass is 32.1. The van der Waals surface area contributed by atoms with Crippen LogP contribution in [-0.4, -0.2) is 28.7 Å². The number of pyridine rings is 2. The molecular weight excluding hydrogens is 488 g/mol. The Morgan fingerprint density at radius 2 is 1.92 bits per heavy atom. The van der Waals surface area contributed by atoms with E-state index in [1.807, 2.05) is 26.8 Å². The molecule has 37 heavy (non-hydrogen) atoms. The largest absolute Gasteiger partial charge is 0.462 e. The lowest BCUT2D eigenvalue weighted by Crippen LogP contribution is -2.35. The first-order valence-electron chi connectivity index (χ1n) is 13.1. The number of thiophene rings is 1. The fourth-order valence-electron chi connectivity index (χ4n) is 5.21. The lowest BCUT2D eigenvalue weighted by molar-refractivity contribution is 0.0495. The molecule has 5 rings (SSSR count). The summed E-state index contributed by atoms with van der Waals surface area (Å²) in [6.45, 7) is 9.60. The van der Waals surface area contributed by atoms with Crippen LogP contribution in [0.25, 0.3) is 16.0 Å². The molecule has 0 bridgehead atoms. The highest BCUT2D eigenvalue weighted by Crippen LogP contribution is 2.45. The molecule has 0 spiro atoms. The van der Waals surface area contributed by atoms with E-state index < -0.39 is 17.7 Å². The molecule has 2 aliphatic rings. The molecule has 2 aliphatic carbocycles. The topological polar surface area (TPSA) is 86.1 Å². The summed E-state index contributed by atoms with van der Waals surface area (Å²) in [5, 5.41) is 3.06. The molecule has 1 saturated carbocycles. The zero-order valence-corrected chi connectivity index (χ0v) is 22.9. The molecule has 196 valence electrons. The van der Waals surface area contributed by atoms with E-state index in [4.69, 9.17) is 9.47 Å². The minimum atomic E-state index is -0.569. The fourth-order valence-corrected chi connectivity index (χ4v) is 6.56. The number of hydrogen-bond acceptors (Lipinski definition) is 6. The first-order valence-corrected chi connectivity index (χ1v) is 13.9. The van der Waals surface area contributed by atoms with E-state index in [9.17, 15) is 14.4 Å². The fraction of sp³-hybridized carbons (Fsp3) is 0.483. The second-order valence-corrected chi connectivity index (χ2v) is 12.1. The first kappa shape index (κ1) is 25.5. The van der Waals surface area contributed by atoms with Gasteiger partial charge in [0.15, 0.2) is 0 Å². The lowest BCUT2D eigenvalue weighted by Gasteiger charge is -2.26. The van der Waals surface area contributed by atoms with E-state index in [-0.39, 0.29) is 23.8 Å². The van der Waals surface area contributed by atoms with Crippen molar-refractivity contribution in [2.24, 2.45) is 0 Å². The van der Waals surface area contributed by atoms with Gasteiger partial charge in [-0.05, 0) is 113 Å². The summed E-state index contributed by atoms with van der Waals surface area (Å²) < 4.78 is 12.3. The van der Waals surface area contributed by atoms with Crippen molar-refractivity contribution >= 4 is 28.9 Å². The number of nitrogens with one attached hydrogen (secondary N) is 1. The van der Waals surface area contributed by atoms with Crippen molar-refractivity contribution in [2.45, 2.75) is 84.3 Å². The number of fused-ring (bicyclic) bond motifs is 2. The number of aromatic nitrogens is 1. The van der Waals surface area contributed by atoms with Crippen LogP contribution in [0.1, 0.15) is 97.3 Å². The average Bonchev–Trinajstić information content (AvgIpc) is 3.57. The van der Waals surface area contributed by atoms with Gasteiger partial charge in [-0.15, -0.1) is 11.3 Å². The molecule has 3 aromatic heterocycles. The SMILES string of the molecule is CCOC(=O)c1cc(C2CC2)c2c(C)c(-c3cc4c(s3)CCCC4NC(=O)OC(C)(C)C)ccn2c1=O. The molecule has 0 saturated heterocycles. The summed E-state index contributed by atoms with van der Waals surface area (Å²) in [6, 6.07) is 5.82. The predicted octanol–water partition coefficient (Wildman–Crippen LogP) is 6.29. The maximum absolute atomic E-state index is 13.3. The van der Waals surface area contributed by atoms with E-state index >= 15 is 0 Å². The minimum absolute atomic E-state index is 0.0823. The third-order valence-corrected chi connectivity index (χ3v) is 8.24. The van der Waals surface area contributed by atoms with Gasteiger partial charge in [0.2, 0.25) is 0 Å². The Hall–Kier alpha value is -3.13. The number of alkyl carbamates (subject to hydrolysis) is 1. The molecule has 1 unspecified atom stereocenters. The van der Waals surface area contributed by atoms with Crippen molar-refractivity contribution in [3.63, 3.8) is 0 Å². The summed E-state index contributed by atoms with van der Waals surface area (Å²) >= 11 is 1.75. The van der Waals surface area contributed by atoms with Gasteiger partial charge in [-0.2, -0.15) is 0 Å². The molecule has 1 amide bonds. The summed E-state index contributed by atoms with van der Waals surface area (Å²) in [7, 11) is 0. The summed E-state index contributed by atoms with van der Waals surface area (Å²) in [6.07, 6.45) is 6.33. The predicted molar refractivity (Wildman–Crippen MR) is 145 cm³/mol. The highest BCUT2D eigenvalue weighted by Gasteiger charge is 2.31. The van der Waals surface area contributed by atoms with Crippen LogP contribution in [-0.2, 0) is 15.9 Å². The number of carbonyl (C=O) groups is 2. The minimum Gasteiger partial charge on any atom is -0.462 e. The van der Waals surface area contributed by atoms with Crippen LogP contribution in [0, 0.1) is 6.92 Å². The number of carbonyl (C=O) groups excluding carboxylic acids is 2. The standard InChI is InChI=1S/C29H34N2O5S/c1-6-35-27(33)21-14-19(17-10-11-17)25-16(2)18(12-13-31(25)26(21)32)24-15-20-22(8-7-9-23(20)37-24)30-28(34)36-29(3,4)5/h12-15,17,22H,6-11H2,1-5H3,(H,30,34). The quantitative estimate of drug-likeness (QED) is 0.398. The molecule has 8 heteroatoms. The second-order valence-electron chi connectivity index (χ2n) is 11.0. The van der Waals surface area contributed by atoms with Crippen LogP contribution >= 0.6 is 11.3 Å². The Bertz CT molecular complexity index is 1440. The number of rotatable bonds is 5. The Labute approximate surface area is 220 Å². The van der Waals surface area contributed by atoms with Crippen molar-refractivity contribution in [2.75, 3.05) is 6.61 Å². The van der Waals surface area contributed by atoms with E-state index in [0.29, 0.717) is 5.92 Å². The summed E-state index contributed by atoms with van der Waals surface area (Å²) in [5.74, 6) is -0.225. The van der Waals surface area contributed by atoms with Gasteiger partial charge in [0.1, 0.15) is 11.2 Å². The third kappa shape index (κ3) is 5.04. The monoisotopic (exact) mass is 522 g/mol. The Morgan fingerprint density at radius 3 is 2.59 bits per heavy atom. The molecule has 3 heterocycles. The molecular formula is C29H34N2O5S. The second kappa shape index (κ2) is 9.63. The van der Waals surface area contributed by atoms with Gasteiger partial charge in [-0.25, -0.2) is 9.59 Å². The molecule has 0 radical (unpaired) electrons. The molecule has 0 aliphatic heterocycles. The number of hydrogen-bond donors (Lipinski definition) is 1. The molecule has 1 atom stereocenters. The van der Waals surface area contributed by atoms with Gasteiger partial charge < -0.3 is 14.8 Å². The molecule has 0 aromatic carbocycles. The zero-order chi connectivity index (χ0) is 26.5. The van der Waals surface area contributed by atoms with Crippen LogP contribution < -0.4 is 10.9 Å². The summed E-state index contributed by atoms with van der Waals surface area (Å²) in [5.41, 5.74) is 4.35. The van der Waals surface area contributed by atoms with Gasteiger partial charge in [0, 0.05) is 16.0 Å². The van der Waals surface area contributed by atoms with Crippen LogP contribution in [0.15, 0.2) is 29.2 Å². The van der Waals surface area contributed by atoms with Crippen LogP contribution in [0.4, 0.5) is 4.79 Å². The van der Waals surface area contributed by atoms with Gasteiger partial charge in [0.05, 0.1) is 18.2 Å². The zero-order valence-electron chi connectivity index (χ0n) is 22.1. The van der Waals surface area contributed by atoms with E-state index in [2.05, 4.69) is 18.3 Å². The van der Waals surface area contributed by atoms with Crippen molar-refractivity contribution < 1.29 is 19.1 Å². The van der Waals surface area contributed by atoms with Crippen molar-refractivity contribution in [3.8, 4) is 10.4 Å². The van der Waals surface area contributed by atoms with Crippen LogP contribution in [0.3, 0.4) is 0 Å². The van der Waals surface area contributed by atoms with Gasteiger partial charge in [-0.1, -0.05) is 0 Å². The average molecular weight is 523 g/mol. The van der Waals surface area contributed by atoms with Crippen LogP contribution in [0.5, 0.6) is 0 Å². The molecule has 3 aromatic rings. The number of esters is 1. The van der Waals surface area contributed by atoms with Gasteiger partial charge in [0.25, 0.3) is 5.56 Å². The van der Waals surface area contributed by atoms with E-state index in [1.165, 1.54) is 4.88 Å². The smallest absolute Gasteiger partial charge is 0.408 e. The number of ether oxygens (including phenoxy) is 2. The number of nitrogens with zero attached hydrogens (tertiary/aromatic N) is 1. The molecule has 1 N–H and O–H groups in total. The maximum Gasteiger partial charge on any atom is 0.408 e. The van der Waals surface area contributed by atoms with E-state index in [1.54, 1.807) is 34.9 Å². The molecule has 1 fully saturated rings. The van der Waals surface area contributed by atoms with Crippen molar-refractivity contribution in [1.82, 2.24) is 9.72 Å². The summed E-state index contributed by atoms with van der Waals surface area (Å²) in [4.78, 5) is 40.6. The first-order chi connectivity index (χ1) is 17.6. The van der Waals surface area contributed by atoms with Crippen LogP contribution in [0.2, 0.25) is 0 Å². The van der Waals surface area contributed by atoms with Gasteiger partial charge >= 0.3 is 12.1 Å². The maximum atomic E-state index is 13.3. The van der Waals surface area contributed by atoms with E-state index in [0.717, 1.165) is 64.8 Å². The third-order valence-electron chi connectivity index (χ3n) is 7.00. The highest BCUT2D eigenvalue weighted by molar-refractivity contribution is 7.15. The van der Waals surface area contributed by atoms with Gasteiger partial charge in [-0.3, -0.25) is 9.20 Å². The van der Waals surface area contributed by atoms with Crippen molar-refractivity contribution in [1.29, 1.82) is 0 Å². The Morgan fingerprint density at radius 1 is 1.16 bits per heavy atom. The molecule has 7 nitrogen and oxygen atoms in total. The Balaban J connectivity index is 1.55. The number of aryl methyl sites for hydroxylation is 2. The number of amides is 1. The Kier molecular flexibility index (Phi) is 6.64. The van der Waals surface area contributed by atoms with Crippen molar-refractivity contribution in [3.05, 3.63) is 61.9 Å².